The second-order valence-electron chi connectivity index (χ2n) is 4.69. The molecular weight excluding hydrogens is 271 g/mol. The van der Waals surface area contributed by atoms with Gasteiger partial charge >= 0.3 is 6.36 Å². The fraction of sp³-hybridized carbons (Fsp3) is 0.500. The number of nitrogens with two attached hydrogens (primary N) is 1. The number of hydrogen-bond donors (Lipinski definition) is 1. The molecule has 1 aromatic carbocycles. The van der Waals surface area contributed by atoms with Crippen molar-refractivity contribution in [3.63, 3.8) is 0 Å². The minimum atomic E-state index is -4.80. The first kappa shape index (κ1) is 16.5. The highest BCUT2D eigenvalue weighted by molar-refractivity contribution is 5.98. The summed E-state index contributed by atoms with van der Waals surface area (Å²) >= 11 is 0. The highest BCUT2D eigenvalue weighted by atomic mass is 19.4. The van der Waals surface area contributed by atoms with Crippen LogP contribution in [0.3, 0.4) is 0 Å². The van der Waals surface area contributed by atoms with E-state index in [0.717, 1.165) is 12.5 Å². The molecule has 0 aliphatic carbocycles. The molecule has 3 nitrogen and oxygen atoms in total. The van der Waals surface area contributed by atoms with Gasteiger partial charge in [-0.3, -0.25) is 4.79 Å². The molecule has 1 aromatic rings. The number of ketones is 1. The lowest BCUT2D eigenvalue weighted by Gasteiger charge is -2.13. The average Bonchev–Trinajstić information content (AvgIpc) is 2.35. The van der Waals surface area contributed by atoms with Crippen LogP contribution in [0.25, 0.3) is 0 Å². The molecule has 0 radical (unpaired) electrons. The fourth-order valence-corrected chi connectivity index (χ4v) is 1.85. The number of benzene rings is 1. The number of ether oxygens (including phenoxy) is 1. The van der Waals surface area contributed by atoms with Crippen molar-refractivity contribution in [1.29, 1.82) is 0 Å². The van der Waals surface area contributed by atoms with Crippen LogP contribution < -0.4 is 10.5 Å². The summed E-state index contributed by atoms with van der Waals surface area (Å²) in [5.41, 5.74) is 5.37. The molecule has 0 fully saturated rings. The maximum absolute atomic E-state index is 12.3. The molecule has 1 atom stereocenters. The molecule has 0 amide bonds. The number of rotatable bonds is 7. The lowest BCUT2D eigenvalue weighted by atomic mass is 9.97. The number of hydrogen-bond acceptors (Lipinski definition) is 3. The molecule has 0 aliphatic heterocycles. The molecular formula is C14H18F3NO2. The van der Waals surface area contributed by atoms with E-state index < -0.39 is 12.1 Å². The fourth-order valence-electron chi connectivity index (χ4n) is 1.85. The lowest BCUT2D eigenvalue weighted by molar-refractivity contribution is -0.274. The predicted molar refractivity (Wildman–Crippen MR) is 69.5 cm³/mol. The Labute approximate surface area is 115 Å². The second-order valence-corrected chi connectivity index (χ2v) is 4.69. The van der Waals surface area contributed by atoms with Crippen LogP contribution in [-0.2, 0) is 0 Å². The van der Waals surface area contributed by atoms with Crippen molar-refractivity contribution < 1.29 is 22.7 Å². The van der Waals surface area contributed by atoms with Gasteiger partial charge in [-0.15, -0.1) is 13.2 Å². The van der Waals surface area contributed by atoms with Gasteiger partial charge in [0.2, 0.25) is 0 Å². The van der Waals surface area contributed by atoms with Crippen molar-refractivity contribution in [2.24, 2.45) is 11.7 Å². The SMILES string of the molecule is CC(CCN)CCC(=O)c1ccccc1OC(F)(F)F. The van der Waals surface area contributed by atoms with Crippen LogP contribution in [0, 0.1) is 5.92 Å². The third-order valence-corrected chi connectivity index (χ3v) is 2.94. The number of carbonyl (C=O) groups is 1. The summed E-state index contributed by atoms with van der Waals surface area (Å²) in [6.45, 7) is 2.49. The zero-order valence-corrected chi connectivity index (χ0v) is 11.2. The lowest BCUT2D eigenvalue weighted by Crippen LogP contribution is -2.19. The van der Waals surface area contributed by atoms with Gasteiger partial charge in [-0.25, -0.2) is 0 Å². The maximum atomic E-state index is 12.3. The minimum Gasteiger partial charge on any atom is -0.405 e. The molecule has 112 valence electrons. The van der Waals surface area contributed by atoms with Crippen LogP contribution in [-0.4, -0.2) is 18.7 Å². The number of alkyl halides is 3. The van der Waals surface area contributed by atoms with Gasteiger partial charge in [-0.05, 0) is 37.4 Å². The first-order valence-electron chi connectivity index (χ1n) is 6.41. The van der Waals surface area contributed by atoms with Crippen LogP contribution >= 0.6 is 0 Å². The zero-order chi connectivity index (χ0) is 15.2. The van der Waals surface area contributed by atoms with Crippen LogP contribution in [0.15, 0.2) is 24.3 Å². The van der Waals surface area contributed by atoms with Gasteiger partial charge in [-0.1, -0.05) is 19.1 Å². The standard InChI is InChI=1S/C14H18F3NO2/c1-10(8-9-18)6-7-12(19)11-4-2-3-5-13(11)20-14(15,16)17/h2-5,10H,6-9,18H2,1H3. The van der Waals surface area contributed by atoms with Gasteiger partial charge in [0.1, 0.15) is 5.75 Å². The molecule has 1 unspecified atom stereocenters. The number of carbonyl (C=O) groups excluding carboxylic acids is 1. The van der Waals surface area contributed by atoms with E-state index in [-0.39, 0.29) is 23.7 Å². The van der Waals surface area contributed by atoms with Crippen LogP contribution in [0.2, 0.25) is 0 Å². The van der Waals surface area contributed by atoms with Crippen molar-refractivity contribution in [3.05, 3.63) is 29.8 Å². The van der Waals surface area contributed by atoms with E-state index in [1.54, 1.807) is 0 Å². The summed E-state index contributed by atoms with van der Waals surface area (Å²) in [7, 11) is 0. The van der Waals surface area contributed by atoms with Gasteiger partial charge in [0, 0.05) is 6.42 Å². The molecule has 0 saturated carbocycles. The Kier molecular flexibility index (Phi) is 6.01. The maximum Gasteiger partial charge on any atom is 0.573 e. The second kappa shape index (κ2) is 7.28. The summed E-state index contributed by atoms with van der Waals surface area (Å²) in [5, 5.41) is 0. The van der Waals surface area contributed by atoms with Gasteiger partial charge in [0.05, 0.1) is 5.56 Å². The minimum absolute atomic E-state index is 0.0372. The molecule has 6 heteroatoms. The van der Waals surface area contributed by atoms with E-state index in [4.69, 9.17) is 5.73 Å². The molecule has 20 heavy (non-hydrogen) atoms. The number of Topliss-reactive ketones (excluding diaryl/α,β-unsaturated/α-hetero) is 1. The van der Waals surface area contributed by atoms with Gasteiger partial charge in [-0.2, -0.15) is 0 Å². The van der Waals surface area contributed by atoms with E-state index in [1.165, 1.54) is 18.2 Å². The summed E-state index contributed by atoms with van der Waals surface area (Å²) < 4.78 is 40.6. The largest absolute Gasteiger partial charge is 0.573 e. The Hall–Kier alpha value is -1.56. The summed E-state index contributed by atoms with van der Waals surface area (Å²) in [5.74, 6) is -0.537. The van der Waals surface area contributed by atoms with Gasteiger partial charge in [0.15, 0.2) is 5.78 Å². The average molecular weight is 289 g/mol. The molecule has 0 aliphatic rings. The van der Waals surface area contributed by atoms with E-state index in [2.05, 4.69) is 4.74 Å². The molecule has 0 heterocycles. The Balaban J connectivity index is 2.73. The zero-order valence-electron chi connectivity index (χ0n) is 11.2. The third kappa shape index (κ3) is 5.61. The molecule has 0 aromatic heterocycles. The van der Waals surface area contributed by atoms with E-state index in [0.29, 0.717) is 13.0 Å². The van der Waals surface area contributed by atoms with Crippen molar-refractivity contribution in [2.75, 3.05) is 6.54 Å². The summed E-state index contributed by atoms with van der Waals surface area (Å²) in [6, 6.07) is 5.40. The highest BCUT2D eigenvalue weighted by Gasteiger charge is 2.32. The quantitative estimate of drug-likeness (QED) is 0.781. The van der Waals surface area contributed by atoms with Crippen molar-refractivity contribution in [3.8, 4) is 5.75 Å². The van der Waals surface area contributed by atoms with E-state index in [9.17, 15) is 18.0 Å². The molecule has 2 N–H and O–H groups in total. The van der Waals surface area contributed by atoms with Crippen LogP contribution in [0.4, 0.5) is 13.2 Å². The van der Waals surface area contributed by atoms with Crippen molar-refractivity contribution in [2.45, 2.75) is 32.5 Å². The van der Waals surface area contributed by atoms with Crippen LogP contribution in [0.1, 0.15) is 36.5 Å². The summed E-state index contributed by atoms with van der Waals surface area (Å²) in [6.07, 6.45) is -3.24. The molecule has 0 bridgehead atoms. The molecule has 0 spiro atoms. The monoisotopic (exact) mass is 289 g/mol. The first-order valence-corrected chi connectivity index (χ1v) is 6.41. The smallest absolute Gasteiger partial charge is 0.405 e. The van der Waals surface area contributed by atoms with Crippen LogP contribution in [0.5, 0.6) is 5.75 Å². The van der Waals surface area contributed by atoms with Crippen molar-refractivity contribution >= 4 is 5.78 Å². The predicted octanol–water partition coefficient (Wildman–Crippen LogP) is 3.53. The summed E-state index contributed by atoms with van der Waals surface area (Å²) in [4.78, 5) is 12.0. The molecule has 1 rings (SSSR count). The van der Waals surface area contributed by atoms with Crippen molar-refractivity contribution in [1.82, 2.24) is 0 Å². The van der Waals surface area contributed by atoms with E-state index >= 15 is 0 Å². The first-order chi connectivity index (χ1) is 9.33. The van der Waals surface area contributed by atoms with E-state index in [1.807, 2.05) is 6.92 Å². The number of para-hydroxylation sites is 1. The Morgan fingerprint density at radius 2 is 1.95 bits per heavy atom. The third-order valence-electron chi connectivity index (χ3n) is 2.94. The Morgan fingerprint density at radius 1 is 1.30 bits per heavy atom. The highest BCUT2D eigenvalue weighted by Crippen LogP contribution is 2.27. The molecule has 0 saturated heterocycles. The Morgan fingerprint density at radius 3 is 2.55 bits per heavy atom. The normalized spacial score (nSPS) is 13.1. The van der Waals surface area contributed by atoms with Gasteiger partial charge < -0.3 is 10.5 Å². The Bertz CT molecular complexity index is 446. The van der Waals surface area contributed by atoms with Gasteiger partial charge in [0.25, 0.3) is 0 Å². The topological polar surface area (TPSA) is 52.3 Å². The number of halogens is 3.